The van der Waals surface area contributed by atoms with Gasteiger partial charge in [-0.3, -0.25) is 0 Å². The number of aromatic nitrogens is 4. The normalized spacial score (nSPS) is 11.7. The number of ether oxygens (including phenoxy) is 1. The van der Waals surface area contributed by atoms with Gasteiger partial charge < -0.3 is 10.1 Å². The Hall–Kier alpha value is -2.63. The average molecular weight is 325 g/mol. The lowest BCUT2D eigenvalue weighted by atomic mass is 9.96. The molecule has 0 aliphatic carbocycles. The number of fused-ring (bicyclic) bond motifs is 1. The molecule has 0 saturated heterocycles. The summed E-state index contributed by atoms with van der Waals surface area (Å²) in [6, 6.07) is 11.9. The van der Waals surface area contributed by atoms with E-state index in [0.717, 1.165) is 23.0 Å². The van der Waals surface area contributed by atoms with Gasteiger partial charge in [-0.25, -0.2) is 0 Å². The molecule has 6 nitrogen and oxygen atoms in total. The first kappa shape index (κ1) is 16.2. The summed E-state index contributed by atoms with van der Waals surface area (Å²) in [7, 11) is 0. The van der Waals surface area contributed by atoms with E-state index in [4.69, 9.17) is 4.74 Å². The van der Waals surface area contributed by atoms with Crippen molar-refractivity contribution in [2.45, 2.75) is 33.1 Å². The maximum Gasteiger partial charge on any atom is 0.178 e. The molecule has 0 saturated carbocycles. The molecule has 0 radical (unpaired) electrons. The number of hydrogen-bond acceptors (Lipinski definition) is 5. The Balaban J connectivity index is 1.62. The molecule has 0 unspecified atom stereocenters. The lowest BCUT2D eigenvalue weighted by Gasteiger charge is -2.15. The Morgan fingerprint density at radius 3 is 2.50 bits per heavy atom. The summed E-state index contributed by atoms with van der Waals surface area (Å²) in [5, 5.41) is 16.3. The van der Waals surface area contributed by atoms with Gasteiger partial charge in [0, 0.05) is 5.41 Å². The van der Waals surface area contributed by atoms with Crippen LogP contribution in [0.4, 0.5) is 5.82 Å². The number of anilines is 1. The van der Waals surface area contributed by atoms with Crippen molar-refractivity contribution in [2.24, 2.45) is 0 Å². The van der Waals surface area contributed by atoms with Crippen LogP contribution < -0.4 is 10.1 Å². The molecule has 0 fully saturated rings. The number of benzene rings is 1. The number of hydrogen-bond donors (Lipinski definition) is 1. The van der Waals surface area contributed by atoms with E-state index in [1.165, 1.54) is 5.56 Å². The summed E-state index contributed by atoms with van der Waals surface area (Å²) in [5.74, 6) is 2.50. The molecule has 3 aromatic rings. The van der Waals surface area contributed by atoms with Crippen LogP contribution in [0, 0.1) is 6.92 Å². The van der Waals surface area contributed by atoms with Crippen molar-refractivity contribution in [1.29, 1.82) is 0 Å². The highest BCUT2D eigenvalue weighted by molar-refractivity contribution is 5.44. The fraction of sp³-hybridized carbons (Fsp3) is 0.389. The Kier molecular flexibility index (Phi) is 4.38. The summed E-state index contributed by atoms with van der Waals surface area (Å²) >= 11 is 0. The molecular weight excluding hydrogens is 302 g/mol. The highest BCUT2D eigenvalue weighted by Crippen LogP contribution is 2.20. The van der Waals surface area contributed by atoms with Gasteiger partial charge >= 0.3 is 0 Å². The molecule has 126 valence electrons. The number of nitrogens with one attached hydrogen (secondary N) is 1. The topological polar surface area (TPSA) is 64.3 Å². The van der Waals surface area contributed by atoms with Gasteiger partial charge in [-0.05, 0) is 31.2 Å². The first-order valence-electron chi connectivity index (χ1n) is 8.10. The maximum atomic E-state index is 5.71. The van der Waals surface area contributed by atoms with Crippen LogP contribution in [0.15, 0.2) is 36.4 Å². The quantitative estimate of drug-likeness (QED) is 0.730. The van der Waals surface area contributed by atoms with Gasteiger partial charge in [-0.1, -0.05) is 38.5 Å². The Morgan fingerprint density at radius 1 is 1.04 bits per heavy atom. The van der Waals surface area contributed by atoms with Gasteiger partial charge in [0.05, 0.1) is 6.54 Å². The zero-order valence-electron chi connectivity index (χ0n) is 14.6. The summed E-state index contributed by atoms with van der Waals surface area (Å²) in [4.78, 5) is 0. The molecule has 0 spiro atoms. The van der Waals surface area contributed by atoms with Crippen LogP contribution in [-0.4, -0.2) is 33.0 Å². The number of rotatable bonds is 5. The smallest absolute Gasteiger partial charge is 0.178 e. The van der Waals surface area contributed by atoms with E-state index in [1.807, 2.05) is 36.4 Å². The van der Waals surface area contributed by atoms with Crippen LogP contribution in [0.2, 0.25) is 0 Å². The molecule has 1 N–H and O–H groups in total. The first-order valence-corrected chi connectivity index (χ1v) is 8.10. The highest BCUT2D eigenvalue weighted by Gasteiger charge is 2.21. The van der Waals surface area contributed by atoms with E-state index in [-0.39, 0.29) is 5.41 Å². The van der Waals surface area contributed by atoms with Crippen molar-refractivity contribution in [3.05, 3.63) is 47.8 Å². The van der Waals surface area contributed by atoms with Crippen molar-refractivity contribution in [3.8, 4) is 5.75 Å². The molecular formula is C18H23N5O. The van der Waals surface area contributed by atoms with E-state index in [9.17, 15) is 0 Å². The van der Waals surface area contributed by atoms with Crippen LogP contribution in [0.25, 0.3) is 5.65 Å². The van der Waals surface area contributed by atoms with Gasteiger partial charge in [-0.2, -0.15) is 4.52 Å². The SMILES string of the molecule is Cc1ccc(OCCNc2ccc3nnc(C(C)(C)C)n3n2)cc1. The fourth-order valence-electron chi connectivity index (χ4n) is 2.33. The van der Waals surface area contributed by atoms with Crippen molar-refractivity contribution in [3.63, 3.8) is 0 Å². The van der Waals surface area contributed by atoms with E-state index in [2.05, 4.69) is 48.3 Å². The largest absolute Gasteiger partial charge is 0.492 e. The van der Waals surface area contributed by atoms with Gasteiger partial charge in [0.1, 0.15) is 18.2 Å². The minimum absolute atomic E-state index is 0.112. The van der Waals surface area contributed by atoms with Gasteiger partial charge in [0.15, 0.2) is 11.5 Å². The molecule has 2 heterocycles. The van der Waals surface area contributed by atoms with Crippen LogP contribution in [0.5, 0.6) is 5.75 Å². The number of nitrogens with zero attached hydrogens (tertiary/aromatic N) is 4. The molecule has 1 aromatic carbocycles. The van der Waals surface area contributed by atoms with Crippen LogP contribution >= 0.6 is 0 Å². The molecule has 3 rings (SSSR count). The standard InChI is InChI=1S/C18H23N5O/c1-13-5-7-14(8-6-13)24-12-11-19-15-9-10-16-20-21-17(18(2,3)4)23(16)22-15/h5-10H,11-12H2,1-4H3,(H,19,22). The maximum absolute atomic E-state index is 5.71. The van der Waals surface area contributed by atoms with Crippen molar-refractivity contribution in [2.75, 3.05) is 18.5 Å². The average Bonchev–Trinajstić information content (AvgIpc) is 2.96. The molecule has 6 heteroatoms. The van der Waals surface area contributed by atoms with E-state index in [0.29, 0.717) is 13.2 Å². The monoisotopic (exact) mass is 325 g/mol. The van der Waals surface area contributed by atoms with Gasteiger partial charge in [0.25, 0.3) is 0 Å². The van der Waals surface area contributed by atoms with Crippen molar-refractivity contribution >= 4 is 11.5 Å². The van der Waals surface area contributed by atoms with Crippen LogP contribution in [0.1, 0.15) is 32.2 Å². The summed E-state index contributed by atoms with van der Waals surface area (Å²) < 4.78 is 7.51. The Bertz CT molecular complexity index is 818. The predicted octanol–water partition coefficient (Wildman–Crippen LogP) is 3.22. The molecule has 0 amide bonds. The summed E-state index contributed by atoms with van der Waals surface area (Å²) in [6.45, 7) is 9.59. The van der Waals surface area contributed by atoms with E-state index >= 15 is 0 Å². The minimum Gasteiger partial charge on any atom is -0.492 e. The molecule has 2 aromatic heterocycles. The van der Waals surface area contributed by atoms with Crippen LogP contribution in [0.3, 0.4) is 0 Å². The molecule has 0 bridgehead atoms. The lowest BCUT2D eigenvalue weighted by Crippen LogP contribution is -2.18. The second-order valence-electron chi connectivity index (χ2n) is 6.85. The van der Waals surface area contributed by atoms with E-state index in [1.54, 1.807) is 4.52 Å². The molecule has 0 aliphatic heterocycles. The second kappa shape index (κ2) is 6.47. The van der Waals surface area contributed by atoms with Crippen molar-refractivity contribution in [1.82, 2.24) is 19.8 Å². The van der Waals surface area contributed by atoms with Gasteiger partial charge in [0.2, 0.25) is 0 Å². The van der Waals surface area contributed by atoms with Gasteiger partial charge in [-0.15, -0.1) is 15.3 Å². The minimum atomic E-state index is -0.112. The third-order valence-corrected chi connectivity index (χ3v) is 3.63. The third kappa shape index (κ3) is 3.64. The first-order chi connectivity index (χ1) is 11.4. The summed E-state index contributed by atoms with van der Waals surface area (Å²) in [6.07, 6.45) is 0. The molecule has 0 aliphatic rings. The second-order valence-corrected chi connectivity index (χ2v) is 6.85. The van der Waals surface area contributed by atoms with E-state index < -0.39 is 0 Å². The Labute approximate surface area is 141 Å². The van der Waals surface area contributed by atoms with Crippen LogP contribution in [-0.2, 0) is 5.41 Å². The zero-order valence-corrected chi connectivity index (χ0v) is 14.6. The summed E-state index contributed by atoms with van der Waals surface area (Å²) in [5.41, 5.74) is 1.86. The molecule has 24 heavy (non-hydrogen) atoms. The number of aryl methyl sites for hydroxylation is 1. The zero-order chi connectivity index (χ0) is 17.2. The third-order valence-electron chi connectivity index (χ3n) is 3.63. The highest BCUT2D eigenvalue weighted by atomic mass is 16.5. The van der Waals surface area contributed by atoms with Crippen molar-refractivity contribution < 1.29 is 4.74 Å². The predicted molar refractivity (Wildman–Crippen MR) is 94.6 cm³/mol. The fourth-order valence-corrected chi connectivity index (χ4v) is 2.33. The molecule has 0 atom stereocenters. The Morgan fingerprint density at radius 2 is 1.79 bits per heavy atom. The lowest BCUT2D eigenvalue weighted by molar-refractivity contribution is 0.332.